The number of benzene rings is 1. The molecule has 0 fully saturated rings. The van der Waals surface area contributed by atoms with Crippen LogP contribution in [0, 0.1) is 19.8 Å². The Bertz CT molecular complexity index is 399. The van der Waals surface area contributed by atoms with E-state index in [-0.39, 0.29) is 0 Å². The van der Waals surface area contributed by atoms with Crippen molar-refractivity contribution in [1.82, 2.24) is 5.32 Å². The van der Waals surface area contributed by atoms with E-state index in [9.17, 15) is 9.90 Å². The molecular weight excluding hydrogens is 214 g/mol. The van der Waals surface area contributed by atoms with E-state index in [0.29, 0.717) is 12.5 Å². The maximum Gasteiger partial charge on any atom is 0.325 e. The van der Waals surface area contributed by atoms with Gasteiger partial charge in [0.2, 0.25) is 0 Å². The van der Waals surface area contributed by atoms with Gasteiger partial charge in [-0.25, -0.2) is 0 Å². The lowest BCUT2D eigenvalue weighted by Gasteiger charge is -2.19. The SMILES string of the molecule is Cc1cccc(C(NCC(C)C)C(=O)O)c1C. The van der Waals surface area contributed by atoms with Gasteiger partial charge in [-0.05, 0) is 43.0 Å². The van der Waals surface area contributed by atoms with Crippen LogP contribution in [0.5, 0.6) is 0 Å². The highest BCUT2D eigenvalue weighted by molar-refractivity contribution is 5.76. The largest absolute Gasteiger partial charge is 0.480 e. The summed E-state index contributed by atoms with van der Waals surface area (Å²) in [5.41, 5.74) is 3.04. The molecule has 1 rings (SSSR count). The second kappa shape index (κ2) is 5.82. The molecule has 0 aliphatic carbocycles. The van der Waals surface area contributed by atoms with Gasteiger partial charge in [0.15, 0.2) is 0 Å². The molecule has 0 saturated carbocycles. The minimum Gasteiger partial charge on any atom is -0.480 e. The normalized spacial score (nSPS) is 12.8. The minimum atomic E-state index is -0.820. The Kier molecular flexibility index (Phi) is 4.70. The van der Waals surface area contributed by atoms with E-state index >= 15 is 0 Å². The molecule has 0 saturated heterocycles. The van der Waals surface area contributed by atoms with E-state index in [1.165, 1.54) is 0 Å². The van der Waals surface area contributed by atoms with Gasteiger partial charge in [-0.1, -0.05) is 32.0 Å². The highest BCUT2D eigenvalue weighted by Gasteiger charge is 2.21. The van der Waals surface area contributed by atoms with Crippen LogP contribution in [0.3, 0.4) is 0 Å². The van der Waals surface area contributed by atoms with Crippen molar-refractivity contribution in [2.75, 3.05) is 6.54 Å². The summed E-state index contributed by atoms with van der Waals surface area (Å²) < 4.78 is 0. The smallest absolute Gasteiger partial charge is 0.325 e. The van der Waals surface area contributed by atoms with Crippen molar-refractivity contribution in [3.8, 4) is 0 Å². The van der Waals surface area contributed by atoms with E-state index in [1.54, 1.807) is 0 Å². The maximum atomic E-state index is 11.3. The monoisotopic (exact) mass is 235 g/mol. The standard InChI is InChI=1S/C14H21NO2/c1-9(2)8-15-13(14(16)17)12-7-5-6-10(3)11(12)4/h5-7,9,13,15H,8H2,1-4H3,(H,16,17). The van der Waals surface area contributed by atoms with Gasteiger partial charge in [0.25, 0.3) is 0 Å². The molecule has 0 aromatic heterocycles. The van der Waals surface area contributed by atoms with Gasteiger partial charge in [-0.15, -0.1) is 0 Å². The van der Waals surface area contributed by atoms with Gasteiger partial charge in [0, 0.05) is 0 Å². The molecule has 0 aliphatic rings. The third-order valence-corrected chi connectivity index (χ3v) is 2.93. The number of aliphatic carboxylic acids is 1. The quantitative estimate of drug-likeness (QED) is 0.825. The molecular formula is C14H21NO2. The molecule has 0 radical (unpaired) electrons. The molecule has 2 N–H and O–H groups in total. The van der Waals surface area contributed by atoms with Crippen LogP contribution < -0.4 is 5.32 Å². The molecule has 0 heterocycles. The molecule has 1 unspecified atom stereocenters. The highest BCUT2D eigenvalue weighted by Crippen LogP contribution is 2.20. The second-order valence-electron chi connectivity index (χ2n) is 4.86. The summed E-state index contributed by atoms with van der Waals surface area (Å²) in [6.07, 6.45) is 0. The van der Waals surface area contributed by atoms with Crippen molar-refractivity contribution in [2.24, 2.45) is 5.92 Å². The summed E-state index contributed by atoms with van der Waals surface area (Å²) in [5, 5.41) is 12.4. The predicted octanol–water partition coefficient (Wildman–Crippen LogP) is 2.67. The number of aryl methyl sites for hydroxylation is 1. The molecule has 1 aromatic carbocycles. The first-order valence-electron chi connectivity index (χ1n) is 5.95. The number of rotatable bonds is 5. The lowest BCUT2D eigenvalue weighted by molar-refractivity contribution is -0.139. The number of carboxylic acids is 1. The Morgan fingerprint density at radius 3 is 2.53 bits per heavy atom. The predicted molar refractivity (Wildman–Crippen MR) is 69.1 cm³/mol. The third kappa shape index (κ3) is 3.56. The Morgan fingerprint density at radius 2 is 2.00 bits per heavy atom. The van der Waals surface area contributed by atoms with E-state index in [4.69, 9.17) is 0 Å². The van der Waals surface area contributed by atoms with Crippen molar-refractivity contribution in [2.45, 2.75) is 33.7 Å². The summed E-state index contributed by atoms with van der Waals surface area (Å²) in [5.74, 6) is -0.388. The number of hydrogen-bond acceptors (Lipinski definition) is 2. The average Bonchev–Trinajstić information content (AvgIpc) is 2.23. The zero-order valence-electron chi connectivity index (χ0n) is 10.9. The zero-order valence-corrected chi connectivity index (χ0v) is 10.9. The van der Waals surface area contributed by atoms with Crippen LogP contribution in [0.4, 0.5) is 0 Å². The number of hydrogen-bond donors (Lipinski definition) is 2. The van der Waals surface area contributed by atoms with Crippen molar-refractivity contribution < 1.29 is 9.90 Å². The summed E-state index contributed by atoms with van der Waals surface area (Å²) in [4.78, 5) is 11.3. The summed E-state index contributed by atoms with van der Waals surface area (Å²) in [7, 11) is 0. The summed E-state index contributed by atoms with van der Waals surface area (Å²) >= 11 is 0. The Hall–Kier alpha value is -1.35. The van der Waals surface area contributed by atoms with Gasteiger partial charge >= 0.3 is 5.97 Å². The third-order valence-electron chi connectivity index (χ3n) is 2.93. The number of carboxylic acid groups (broad SMARTS) is 1. The maximum absolute atomic E-state index is 11.3. The highest BCUT2D eigenvalue weighted by atomic mass is 16.4. The molecule has 17 heavy (non-hydrogen) atoms. The molecule has 3 nitrogen and oxygen atoms in total. The second-order valence-corrected chi connectivity index (χ2v) is 4.86. The topological polar surface area (TPSA) is 49.3 Å². The molecule has 0 bridgehead atoms. The van der Waals surface area contributed by atoms with Crippen LogP contribution in [0.1, 0.15) is 36.6 Å². The molecule has 0 amide bonds. The van der Waals surface area contributed by atoms with E-state index < -0.39 is 12.0 Å². The van der Waals surface area contributed by atoms with E-state index in [0.717, 1.165) is 16.7 Å². The van der Waals surface area contributed by atoms with Gasteiger partial charge in [-0.2, -0.15) is 0 Å². The first-order valence-corrected chi connectivity index (χ1v) is 5.95. The lowest BCUT2D eigenvalue weighted by Crippen LogP contribution is -2.31. The van der Waals surface area contributed by atoms with Crippen LogP contribution in [0.15, 0.2) is 18.2 Å². The number of nitrogens with one attached hydrogen (secondary N) is 1. The van der Waals surface area contributed by atoms with Gasteiger partial charge in [0.05, 0.1) is 0 Å². The number of carbonyl (C=O) groups is 1. The summed E-state index contributed by atoms with van der Waals surface area (Å²) in [6.45, 7) is 8.80. The van der Waals surface area contributed by atoms with Crippen molar-refractivity contribution >= 4 is 5.97 Å². The Morgan fingerprint density at radius 1 is 1.35 bits per heavy atom. The fraction of sp³-hybridized carbons (Fsp3) is 0.500. The molecule has 0 spiro atoms. The van der Waals surface area contributed by atoms with Crippen molar-refractivity contribution in [1.29, 1.82) is 0 Å². The van der Waals surface area contributed by atoms with Crippen LogP contribution in [-0.4, -0.2) is 17.6 Å². The van der Waals surface area contributed by atoms with E-state index in [2.05, 4.69) is 19.2 Å². The Balaban J connectivity index is 2.97. The van der Waals surface area contributed by atoms with Gasteiger partial charge in [0.1, 0.15) is 6.04 Å². The lowest BCUT2D eigenvalue weighted by atomic mass is 9.97. The average molecular weight is 235 g/mol. The van der Waals surface area contributed by atoms with Gasteiger partial charge < -0.3 is 10.4 Å². The molecule has 3 heteroatoms. The van der Waals surface area contributed by atoms with E-state index in [1.807, 2.05) is 32.0 Å². The van der Waals surface area contributed by atoms with Crippen molar-refractivity contribution in [3.05, 3.63) is 34.9 Å². The van der Waals surface area contributed by atoms with Crippen LogP contribution >= 0.6 is 0 Å². The zero-order chi connectivity index (χ0) is 13.0. The van der Waals surface area contributed by atoms with Crippen LogP contribution in [0.25, 0.3) is 0 Å². The Labute approximate surface area is 103 Å². The van der Waals surface area contributed by atoms with Crippen LogP contribution in [-0.2, 0) is 4.79 Å². The minimum absolute atomic E-state index is 0.432. The molecule has 1 atom stereocenters. The fourth-order valence-corrected chi connectivity index (χ4v) is 1.77. The van der Waals surface area contributed by atoms with Crippen molar-refractivity contribution in [3.63, 3.8) is 0 Å². The first kappa shape index (κ1) is 13.7. The van der Waals surface area contributed by atoms with Gasteiger partial charge in [-0.3, -0.25) is 4.79 Å². The fourth-order valence-electron chi connectivity index (χ4n) is 1.77. The molecule has 0 aliphatic heterocycles. The van der Waals surface area contributed by atoms with Crippen LogP contribution in [0.2, 0.25) is 0 Å². The first-order chi connectivity index (χ1) is 7.93. The molecule has 1 aromatic rings. The summed E-state index contributed by atoms with van der Waals surface area (Å²) in [6, 6.07) is 5.18. The molecule has 94 valence electrons.